The Labute approximate surface area is 83.8 Å². The first-order valence-electron chi connectivity index (χ1n) is 4.25. The molecule has 1 radical (unpaired) electrons. The zero-order chi connectivity index (χ0) is 11.2. The van der Waals surface area contributed by atoms with Crippen molar-refractivity contribution >= 4 is 12.4 Å². The Morgan fingerprint density at radius 3 is 2.43 bits per heavy atom. The van der Waals surface area contributed by atoms with Gasteiger partial charge in [-0.15, -0.1) is 0 Å². The van der Waals surface area contributed by atoms with Crippen molar-refractivity contribution in [2.24, 2.45) is 0 Å². The number of alkyl carbamates (subject to hydrolysis) is 1. The average molecular weight is 202 g/mol. The first-order chi connectivity index (χ1) is 6.39. The summed E-state index contributed by atoms with van der Waals surface area (Å²) in [5.41, 5.74) is -0.579. The second-order valence-electron chi connectivity index (χ2n) is 3.77. The molecular weight excluding hydrogens is 186 g/mol. The zero-order valence-electron chi connectivity index (χ0n) is 8.92. The van der Waals surface area contributed by atoms with Crippen LogP contribution in [0.25, 0.3) is 0 Å². The number of methoxy groups -OCH3 is 1. The van der Waals surface area contributed by atoms with Gasteiger partial charge in [-0.25, -0.2) is 4.79 Å². The summed E-state index contributed by atoms with van der Waals surface area (Å²) in [7, 11) is 1.43. The van der Waals surface area contributed by atoms with Gasteiger partial charge < -0.3 is 14.8 Å². The van der Waals surface area contributed by atoms with E-state index in [0.717, 1.165) is 0 Å². The molecular formula is C9H16NO4. The van der Waals surface area contributed by atoms with Gasteiger partial charge in [0, 0.05) is 7.11 Å². The Bertz CT molecular complexity index is 197. The first-order valence-corrected chi connectivity index (χ1v) is 4.25. The number of nitrogens with one attached hydrogen (secondary N) is 1. The molecule has 0 aliphatic rings. The van der Waals surface area contributed by atoms with E-state index >= 15 is 0 Å². The number of hydrogen-bond acceptors (Lipinski definition) is 4. The second kappa shape index (κ2) is 5.59. The minimum Gasteiger partial charge on any atom is -0.444 e. The van der Waals surface area contributed by atoms with Crippen molar-refractivity contribution in [3.63, 3.8) is 0 Å². The third-order valence-corrected chi connectivity index (χ3v) is 1.17. The molecule has 0 aromatic rings. The highest BCUT2D eigenvalue weighted by molar-refractivity contribution is 5.73. The topological polar surface area (TPSA) is 64.6 Å². The van der Waals surface area contributed by atoms with Gasteiger partial charge in [0.05, 0.1) is 6.61 Å². The van der Waals surface area contributed by atoms with Crippen molar-refractivity contribution in [1.29, 1.82) is 0 Å². The largest absolute Gasteiger partial charge is 0.444 e. The van der Waals surface area contributed by atoms with Crippen LogP contribution in [0.15, 0.2) is 0 Å². The third-order valence-electron chi connectivity index (χ3n) is 1.17. The predicted molar refractivity (Wildman–Crippen MR) is 50.7 cm³/mol. The molecule has 81 valence electrons. The van der Waals surface area contributed by atoms with Crippen LogP contribution >= 0.6 is 0 Å². The standard InChI is InChI=1S/C9H16NO4/c1-9(2,3)14-8(12)10-7(5-11)6-13-4/h7H,6H2,1-4H3,(H,10,12). The third kappa shape index (κ3) is 6.42. The lowest BCUT2D eigenvalue weighted by atomic mass is 10.2. The molecule has 0 fully saturated rings. The van der Waals surface area contributed by atoms with Crippen molar-refractivity contribution in [3.05, 3.63) is 0 Å². The molecule has 0 saturated carbocycles. The molecule has 1 N–H and O–H groups in total. The van der Waals surface area contributed by atoms with E-state index < -0.39 is 17.7 Å². The molecule has 0 rings (SSSR count). The van der Waals surface area contributed by atoms with Crippen LogP contribution in [0, 0.1) is 0 Å². The number of amides is 1. The van der Waals surface area contributed by atoms with Gasteiger partial charge in [-0.05, 0) is 20.8 Å². The van der Waals surface area contributed by atoms with E-state index in [0.29, 0.717) is 0 Å². The van der Waals surface area contributed by atoms with Crippen LogP contribution in [0.4, 0.5) is 4.79 Å². The highest BCUT2D eigenvalue weighted by Gasteiger charge is 2.19. The van der Waals surface area contributed by atoms with Crippen molar-refractivity contribution in [3.8, 4) is 0 Å². The van der Waals surface area contributed by atoms with E-state index in [-0.39, 0.29) is 6.61 Å². The monoisotopic (exact) mass is 202 g/mol. The lowest BCUT2D eigenvalue weighted by Crippen LogP contribution is -2.42. The first kappa shape index (κ1) is 12.9. The summed E-state index contributed by atoms with van der Waals surface area (Å²) in [6, 6.07) is -0.783. The number of ether oxygens (including phenoxy) is 2. The smallest absolute Gasteiger partial charge is 0.408 e. The fourth-order valence-electron chi connectivity index (χ4n) is 0.722. The van der Waals surface area contributed by atoms with Crippen LogP contribution in [-0.4, -0.2) is 37.7 Å². The maximum Gasteiger partial charge on any atom is 0.408 e. The summed E-state index contributed by atoms with van der Waals surface area (Å²) >= 11 is 0. The molecule has 5 heteroatoms. The van der Waals surface area contributed by atoms with Crippen LogP contribution in [-0.2, 0) is 14.3 Å². The lowest BCUT2D eigenvalue weighted by Gasteiger charge is -2.20. The lowest BCUT2D eigenvalue weighted by molar-refractivity contribution is 0.0493. The Balaban J connectivity index is 3.97. The molecule has 0 aromatic carbocycles. The molecule has 5 nitrogen and oxygen atoms in total. The number of rotatable bonds is 4. The predicted octanol–water partition coefficient (Wildman–Crippen LogP) is 0.636. The Morgan fingerprint density at radius 2 is 2.07 bits per heavy atom. The van der Waals surface area contributed by atoms with Gasteiger partial charge in [0.1, 0.15) is 11.6 Å². The van der Waals surface area contributed by atoms with Crippen molar-refractivity contribution in [1.82, 2.24) is 5.32 Å². The molecule has 1 atom stereocenters. The van der Waals surface area contributed by atoms with E-state index in [9.17, 15) is 9.59 Å². The molecule has 1 unspecified atom stereocenters. The molecule has 0 spiro atoms. The highest BCUT2D eigenvalue weighted by atomic mass is 16.6. The van der Waals surface area contributed by atoms with Crippen LogP contribution in [0.1, 0.15) is 20.8 Å². The van der Waals surface area contributed by atoms with Crippen LogP contribution < -0.4 is 5.32 Å². The molecule has 14 heavy (non-hydrogen) atoms. The fourth-order valence-corrected chi connectivity index (χ4v) is 0.722. The van der Waals surface area contributed by atoms with Gasteiger partial charge in [0.25, 0.3) is 0 Å². The molecule has 0 aliphatic heterocycles. The van der Waals surface area contributed by atoms with E-state index in [2.05, 4.69) is 5.32 Å². The number of hydrogen-bond donors (Lipinski definition) is 1. The molecule has 1 amide bonds. The maximum absolute atomic E-state index is 11.1. The SMILES string of the molecule is COCC([C]=O)NC(=O)OC(C)(C)C. The van der Waals surface area contributed by atoms with E-state index in [4.69, 9.17) is 9.47 Å². The Hall–Kier alpha value is -1.10. The summed E-state index contributed by atoms with van der Waals surface area (Å²) in [6.45, 7) is 5.30. The van der Waals surface area contributed by atoms with Gasteiger partial charge >= 0.3 is 6.09 Å². The van der Waals surface area contributed by atoms with Crippen LogP contribution in [0.3, 0.4) is 0 Å². The van der Waals surface area contributed by atoms with Gasteiger partial charge in [-0.2, -0.15) is 0 Å². The Morgan fingerprint density at radius 1 is 1.50 bits per heavy atom. The molecule has 0 saturated heterocycles. The molecule has 0 aliphatic carbocycles. The summed E-state index contributed by atoms with van der Waals surface area (Å²) in [5, 5.41) is 2.31. The van der Waals surface area contributed by atoms with E-state index in [1.807, 2.05) is 0 Å². The van der Waals surface area contributed by atoms with Crippen molar-refractivity contribution in [2.45, 2.75) is 32.4 Å². The van der Waals surface area contributed by atoms with Gasteiger partial charge in [0.2, 0.25) is 6.29 Å². The minimum absolute atomic E-state index is 0.0861. The summed E-state index contributed by atoms with van der Waals surface area (Å²) in [4.78, 5) is 21.5. The summed E-state index contributed by atoms with van der Waals surface area (Å²) in [5.74, 6) is 0. The van der Waals surface area contributed by atoms with Crippen LogP contribution in [0.5, 0.6) is 0 Å². The van der Waals surface area contributed by atoms with Gasteiger partial charge in [0.15, 0.2) is 0 Å². The number of carbonyl (C=O) groups is 1. The zero-order valence-corrected chi connectivity index (χ0v) is 8.92. The maximum atomic E-state index is 11.1. The van der Waals surface area contributed by atoms with E-state index in [1.54, 1.807) is 27.1 Å². The minimum atomic E-state index is -0.783. The average Bonchev–Trinajstić information content (AvgIpc) is 2.00. The van der Waals surface area contributed by atoms with Gasteiger partial charge in [-0.1, -0.05) is 0 Å². The highest BCUT2D eigenvalue weighted by Crippen LogP contribution is 2.06. The number of carbonyl (C=O) groups excluding carboxylic acids is 2. The molecule has 0 bridgehead atoms. The molecule has 0 heterocycles. The Kier molecular flexibility index (Phi) is 5.15. The fraction of sp³-hybridized carbons (Fsp3) is 0.778. The summed E-state index contributed by atoms with van der Waals surface area (Å²) < 4.78 is 9.62. The van der Waals surface area contributed by atoms with Crippen LogP contribution in [0.2, 0.25) is 0 Å². The normalized spacial score (nSPS) is 13.1. The van der Waals surface area contributed by atoms with Gasteiger partial charge in [-0.3, -0.25) is 4.79 Å². The second-order valence-corrected chi connectivity index (χ2v) is 3.77. The summed E-state index contributed by atoms with van der Waals surface area (Å²) in [6.07, 6.45) is 0.983. The van der Waals surface area contributed by atoms with Crippen molar-refractivity contribution < 1.29 is 19.1 Å². The molecule has 0 aromatic heterocycles. The van der Waals surface area contributed by atoms with E-state index in [1.165, 1.54) is 7.11 Å². The van der Waals surface area contributed by atoms with Crippen molar-refractivity contribution in [2.75, 3.05) is 13.7 Å². The quantitative estimate of drug-likeness (QED) is 0.726.